The zero-order chi connectivity index (χ0) is 13.3. The van der Waals surface area contributed by atoms with Crippen molar-refractivity contribution in [1.29, 1.82) is 0 Å². The molecule has 96 valence electrons. The summed E-state index contributed by atoms with van der Waals surface area (Å²) in [6, 6.07) is 5.11. The molecule has 18 heavy (non-hydrogen) atoms. The summed E-state index contributed by atoms with van der Waals surface area (Å²) in [6.45, 7) is 2.19. The highest BCUT2D eigenvalue weighted by Gasteiger charge is 2.25. The van der Waals surface area contributed by atoms with Gasteiger partial charge >= 0.3 is 0 Å². The third kappa shape index (κ3) is 2.61. The topological polar surface area (TPSA) is 98.2 Å². The summed E-state index contributed by atoms with van der Waals surface area (Å²) in [5, 5.41) is 3.28. The number of benzene rings is 1. The lowest BCUT2D eigenvalue weighted by atomic mass is 9.82. The normalized spacial score (nSPS) is 22.1. The van der Waals surface area contributed by atoms with Gasteiger partial charge in [0.2, 0.25) is 11.8 Å². The van der Waals surface area contributed by atoms with Gasteiger partial charge in [-0.2, -0.15) is 0 Å². The van der Waals surface area contributed by atoms with E-state index >= 15 is 0 Å². The molecule has 0 radical (unpaired) electrons. The van der Waals surface area contributed by atoms with E-state index < -0.39 is 11.8 Å². The van der Waals surface area contributed by atoms with Crippen LogP contribution in [0.25, 0.3) is 0 Å². The van der Waals surface area contributed by atoms with Gasteiger partial charge in [0, 0.05) is 22.9 Å². The number of rotatable bonds is 4. The smallest absolute Gasteiger partial charge is 0.248 e. The first-order valence-electron chi connectivity index (χ1n) is 5.97. The lowest BCUT2D eigenvalue weighted by Gasteiger charge is -2.34. The standard InChI is InChI=1S/C13H17N3O2/c1-7-2-10(3-7)16-11-5-8(12(14)17)4-9(6-11)13(15)18/h4-7,10,16H,2-3H2,1H3,(H2,14,17)(H2,15,18). The molecule has 1 aliphatic rings. The van der Waals surface area contributed by atoms with Crippen molar-refractivity contribution in [2.24, 2.45) is 17.4 Å². The fraction of sp³-hybridized carbons (Fsp3) is 0.385. The first kappa shape index (κ1) is 12.4. The summed E-state index contributed by atoms with van der Waals surface area (Å²) >= 11 is 0. The summed E-state index contributed by atoms with van der Waals surface area (Å²) in [5.74, 6) is -0.413. The molecular formula is C13H17N3O2. The van der Waals surface area contributed by atoms with E-state index in [9.17, 15) is 9.59 Å². The Morgan fingerprint density at radius 1 is 1.11 bits per heavy atom. The maximum Gasteiger partial charge on any atom is 0.248 e. The summed E-state index contributed by atoms with van der Waals surface area (Å²) in [7, 11) is 0. The second-order valence-electron chi connectivity index (χ2n) is 4.95. The zero-order valence-corrected chi connectivity index (χ0v) is 10.3. The average molecular weight is 247 g/mol. The Hall–Kier alpha value is -2.04. The van der Waals surface area contributed by atoms with Crippen molar-refractivity contribution in [1.82, 2.24) is 0 Å². The molecule has 0 aromatic heterocycles. The zero-order valence-electron chi connectivity index (χ0n) is 10.3. The molecule has 1 aromatic carbocycles. The van der Waals surface area contributed by atoms with E-state index in [0.29, 0.717) is 17.2 Å². The summed E-state index contributed by atoms with van der Waals surface area (Å²) in [4.78, 5) is 22.4. The Morgan fingerprint density at radius 2 is 1.61 bits per heavy atom. The maximum atomic E-state index is 11.2. The molecule has 0 spiro atoms. The third-order valence-electron chi connectivity index (χ3n) is 3.25. The predicted molar refractivity (Wildman–Crippen MR) is 69.3 cm³/mol. The van der Waals surface area contributed by atoms with E-state index in [1.165, 1.54) is 6.07 Å². The molecule has 2 amide bonds. The number of primary amides is 2. The summed E-state index contributed by atoms with van der Waals surface area (Å²) < 4.78 is 0. The highest BCUT2D eigenvalue weighted by atomic mass is 16.1. The van der Waals surface area contributed by atoms with Crippen LogP contribution in [0.3, 0.4) is 0 Å². The molecule has 0 atom stereocenters. The molecular weight excluding hydrogens is 230 g/mol. The van der Waals surface area contributed by atoms with Gasteiger partial charge < -0.3 is 16.8 Å². The molecule has 5 heteroatoms. The third-order valence-corrected chi connectivity index (χ3v) is 3.25. The minimum absolute atomic E-state index is 0.293. The molecule has 1 fully saturated rings. The first-order chi connectivity index (χ1) is 8.45. The van der Waals surface area contributed by atoms with Crippen LogP contribution in [0, 0.1) is 5.92 Å². The van der Waals surface area contributed by atoms with Crippen LogP contribution in [0.4, 0.5) is 5.69 Å². The number of amides is 2. The fourth-order valence-electron chi connectivity index (χ4n) is 2.25. The van der Waals surface area contributed by atoms with Crippen LogP contribution in [-0.4, -0.2) is 17.9 Å². The molecule has 1 aliphatic carbocycles. The van der Waals surface area contributed by atoms with Crippen molar-refractivity contribution < 1.29 is 9.59 Å². The number of nitrogens with two attached hydrogens (primary N) is 2. The average Bonchev–Trinajstić information content (AvgIpc) is 2.26. The highest BCUT2D eigenvalue weighted by Crippen LogP contribution is 2.29. The highest BCUT2D eigenvalue weighted by molar-refractivity contribution is 5.99. The first-order valence-corrected chi connectivity index (χ1v) is 5.97. The molecule has 0 bridgehead atoms. The van der Waals surface area contributed by atoms with E-state index in [2.05, 4.69) is 12.2 Å². The second-order valence-corrected chi connectivity index (χ2v) is 4.95. The minimum atomic E-state index is -0.567. The van der Waals surface area contributed by atoms with Crippen molar-refractivity contribution in [3.63, 3.8) is 0 Å². The Kier molecular flexibility index (Phi) is 3.23. The molecule has 5 nitrogen and oxygen atoms in total. The number of hydrogen-bond acceptors (Lipinski definition) is 3. The molecule has 1 aromatic rings. The molecule has 5 N–H and O–H groups in total. The number of nitrogens with one attached hydrogen (secondary N) is 1. The van der Waals surface area contributed by atoms with Gasteiger partial charge in [0.15, 0.2) is 0 Å². The van der Waals surface area contributed by atoms with Crippen LogP contribution in [0.5, 0.6) is 0 Å². The van der Waals surface area contributed by atoms with Gasteiger partial charge in [0.25, 0.3) is 0 Å². The van der Waals surface area contributed by atoms with Crippen molar-refractivity contribution in [2.75, 3.05) is 5.32 Å². The van der Waals surface area contributed by atoms with Gasteiger partial charge in [-0.1, -0.05) is 6.92 Å². The van der Waals surface area contributed by atoms with Crippen LogP contribution in [0.2, 0.25) is 0 Å². The molecule has 0 heterocycles. The van der Waals surface area contributed by atoms with Gasteiger partial charge in [-0.25, -0.2) is 0 Å². The molecule has 0 saturated heterocycles. The molecule has 0 aliphatic heterocycles. The van der Waals surface area contributed by atoms with Crippen LogP contribution in [0.1, 0.15) is 40.5 Å². The van der Waals surface area contributed by atoms with Gasteiger partial charge in [0.05, 0.1) is 0 Å². The van der Waals surface area contributed by atoms with Crippen molar-refractivity contribution in [3.8, 4) is 0 Å². The van der Waals surface area contributed by atoms with Crippen LogP contribution in [-0.2, 0) is 0 Å². The summed E-state index contributed by atoms with van der Waals surface area (Å²) in [5.41, 5.74) is 11.8. The molecule has 0 unspecified atom stereocenters. The fourth-order valence-corrected chi connectivity index (χ4v) is 2.25. The largest absolute Gasteiger partial charge is 0.382 e. The Bertz CT molecular complexity index is 461. The van der Waals surface area contributed by atoms with E-state index in [1.807, 2.05) is 0 Å². The van der Waals surface area contributed by atoms with Crippen LogP contribution in [0.15, 0.2) is 18.2 Å². The van der Waals surface area contributed by atoms with Crippen molar-refractivity contribution in [3.05, 3.63) is 29.3 Å². The predicted octanol–water partition coefficient (Wildman–Crippen LogP) is 1.09. The molecule has 1 saturated carbocycles. The lowest BCUT2D eigenvalue weighted by molar-refractivity contribution is 0.0999. The number of carbonyl (C=O) groups excluding carboxylic acids is 2. The number of carbonyl (C=O) groups is 2. The number of anilines is 1. The van der Waals surface area contributed by atoms with Gasteiger partial charge in [-0.3, -0.25) is 9.59 Å². The summed E-state index contributed by atoms with van der Waals surface area (Å²) in [6.07, 6.45) is 2.18. The minimum Gasteiger partial charge on any atom is -0.382 e. The SMILES string of the molecule is CC1CC(Nc2cc(C(N)=O)cc(C(N)=O)c2)C1. The van der Waals surface area contributed by atoms with Crippen LogP contribution >= 0.6 is 0 Å². The lowest BCUT2D eigenvalue weighted by Crippen LogP contribution is -2.34. The van der Waals surface area contributed by atoms with Gasteiger partial charge in [-0.05, 0) is 37.0 Å². The maximum absolute atomic E-state index is 11.2. The van der Waals surface area contributed by atoms with Gasteiger partial charge in [-0.15, -0.1) is 0 Å². The Labute approximate surface area is 106 Å². The second kappa shape index (κ2) is 4.68. The molecule has 2 rings (SSSR count). The van der Waals surface area contributed by atoms with E-state index in [4.69, 9.17) is 11.5 Å². The van der Waals surface area contributed by atoms with E-state index in [-0.39, 0.29) is 0 Å². The van der Waals surface area contributed by atoms with Crippen molar-refractivity contribution in [2.45, 2.75) is 25.8 Å². The number of hydrogen-bond donors (Lipinski definition) is 3. The Balaban J connectivity index is 2.23. The van der Waals surface area contributed by atoms with Crippen molar-refractivity contribution >= 4 is 17.5 Å². The quantitative estimate of drug-likeness (QED) is 0.742. The van der Waals surface area contributed by atoms with Gasteiger partial charge in [0.1, 0.15) is 0 Å². The Morgan fingerprint density at radius 3 is 2.00 bits per heavy atom. The van der Waals surface area contributed by atoms with E-state index in [1.54, 1.807) is 12.1 Å². The van der Waals surface area contributed by atoms with Crippen LogP contribution < -0.4 is 16.8 Å². The van der Waals surface area contributed by atoms with E-state index in [0.717, 1.165) is 24.4 Å². The monoisotopic (exact) mass is 247 g/mol.